The van der Waals surface area contributed by atoms with Gasteiger partial charge in [-0.1, -0.05) is 31.9 Å². The van der Waals surface area contributed by atoms with E-state index in [-0.39, 0.29) is 6.61 Å². The van der Waals surface area contributed by atoms with Crippen molar-refractivity contribution in [2.75, 3.05) is 6.61 Å². The highest BCUT2D eigenvalue weighted by molar-refractivity contribution is 7.80. The zero-order valence-corrected chi connectivity index (χ0v) is 11.1. The van der Waals surface area contributed by atoms with Gasteiger partial charge in [0.05, 0.1) is 6.61 Å². The normalized spacial score (nSPS) is 13.4. The fraction of sp³-hybridized carbons (Fsp3) is 0.818. The average molecular weight is 250 g/mol. The van der Waals surface area contributed by atoms with Crippen LogP contribution in [0.25, 0.3) is 0 Å². The minimum absolute atomic E-state index is 0.000351. The summed E-state index contributed by atoms with van der Waals surface area (Å²) in [5, 5.41) is 0. The van der Waals surface area contributed by atoms with Crippen LogP contribution in [0.3, 0.4) is 0 Å². The average Bonchev–Trinajstić information content (AvgIpc) is 2.10. The molecule has 0 fully saturated rings. The molecule has 0 saturated carbocycles. The molecule has 0 atom stereocenters. The summed E-state index contributed by atoms with van der Waals surface area (Å²) < 4.78 is 33.0. The molecule has 16 heavy (non-hydrogen) atoms. The fourth-order valence-electron chi connectivity index (χ4n) is 1.35. The minimum atomic E-state index is -4.28. The third-order valence-corrected chi connectivity index (χ3v) is 2.66. The van der Waals surface area contributed by atoms with Crippen LogP contribution >= 0.6 is 0 Å². The zero-order valence-electron chi connectivity index (χ0n) is 10.3. The Labute approximate surface area is 98.7 Å². The zero-order chi connectivity index (χ0) is 12.6. The van der Waals surface area contributed by atoms with E-state index in [1.54, 1.807) is 0 Å². The van der Waals surface area contributed by atoms with E-state index < -0.39 is 10.4 Å². The Bertz CT molecular complexity index is 304. The molecular weight excluding hydrogens is 228 g/mol. The van der Waals surface area contributed by atoms with E-state index >= 15 is 0 Å². The first-order chi connectivity index (χ1) is 7.31. The van der Waals surface area contributed by atoms with Gasteiger partial charge in [-0.05, 0) is 32.1 Å². The van der Waals surface area contributed by atoms with Crippen molar-refractivity contribution in [2.45, 2.75) is 46.5 Å². The second-order valence-corrected chi connectivity index (χ2v) is 5.47. The van der Waals surface area contributed by atoms with Crippen molar-refractivity contribution in [1.29, 1.82) is 0 Å². The highest BCUT2D eigenvalue weighted by Gasteiger charge is 2.02. The maximum absolute atomic E-state index is 10.2. The summed E-state index contributed by atoms with van der Waals surface area (Å²) in [6, 6.07) is 0. The van der Waals surface area contributed by atoms with Gasteiger partial charge in [-0.15, -0.1) is 0 Å². The second kappa shape index (κ2) is 7.81. The van der Waals surface area contributed by atoms with Gasteiger partial charge in [0.25, 0.3) is 0 Å². The molecule has 1 N–H and O–H groups in total. The Hall–Kier alpha value is -0.390. The number of allylic oxidation sites excluding steroid dienone is 1. The van der Waals surface area contributed by atoms with Crippen LogP contribution in [0.4, 0.5) is 0 Å². The van der Waals surface area contributed by atoms with Gasteiger partial charge in [0, 0.05) is 0 Å². The summed E-state index contributed by atoms with van der Waals surface area (Å²) in [6.07, 6.45) is 5.84. The Kier molecular flexibility index (Phi) is 7.62. The topological polar surface area (TPSA) is 63.6 Å². The van der Waals surface area contributed by atoms with E-state index in [0.29, 0.717) is 6.42 Å². The maximum atomic E-state index is 10.2. The highest BCUT2D eigenvalue weighted by atomic mass is 32.3. The minimum Gasteiger partial charge on any atom is -0.264 e. The Morgan fingerprint density at radius 3 is 2.56 bits per heavy atom. The Morgan fingerprint density at radius 1 is 1.44 bits per heavy atom. The first-order valence-electron chi connectivity index (χ1n) is 5.58. The molecule has 0 saturated heterocycles. The predicted octanol–water partition coefficient (Wildman–Crippen LogP) is 2.97. The molecule has 0 aliphatic rings. The van der Waals surface area contributed by atoms with E-state index in [2.05, 4.69) is 18.0 Å². The summed E-state index contributed by atoms with van der Waals surface area (Å²) in [5.41, 5.74) is 1.24. The van der Waals surface area contributed by atoms with Crippen molar-refractivity contribution < 1.29 is 17.2 Å². The standard InChI is InChI=1S/C11H22O4S/c1-10(2)6-4-7-11(3)8-5-9-15-16(12,13)14/h8,10H,4-7,9H2,1-3H3,(H,12,13,14). The molecule has 0 aliphatic carbocycles. The van der Waals surface area contributed by atoms with Crippen molar-refractivity contribution in [3.63, 3.8) is 0 Å². The molecule has 0 aromatic rings. The number of rotatable bonds is 8. The van der Waals surface area contributed by atoms with Crippen molar-refractivity contribution in [3.05, 3.63) is 11.6 Å². The summed E-state index contributed by atoms with van der Waals surface area (Å²) in [4.78, 5) is 0. The molecule has 4 nitrogen and oxygen atoms in total. The van der Waals surface area contributed by atoms with Gasteiger partial charge >= 0.3 is 10.4 Å². The summed E-state index contributed by atoms with van der Waals surface area (Å²) in [6.45, 7) is 6.41. The van der Waals surface area contributed by atoms with Crippen LogP contribution in [-0.2, 0) is 14.6 Å². The SMILES string of the molecule is CC(=CCCOS(=O)(=O)O)CCCC(C)C. The predicted molar refractivity (Wildman–Crippen MR) is 64.6 cm³/mol. The lowest BCUT2D eigenvalue weighted by molar-refractivity contribution is 0.273. The van der Waals surface area contributed by atoms with Crippen LogP contribution in [0.1, 0.15) is 46.5 Å². The van der Waals surface area contributed by atoms with E-state index in [4.69, 9.17) is 4.55 Å². The van der Waals surface area contributed by atoms with Crippen molar-refractivity contribution in [3.8, 4) is 0 Å². The fourth-order valence-corrected chi connectivity index (χ4v) is 1.66. The van der Waals surface area contributed by atoms with Gasteiger partial charge in [0.2, 0.25) is 0 Å². The monoisotopic (exact) mass is 250 g/mol. The molecular formula is C11H22O4S. The van der Waals surface area contributed by atoms with Crippen LogP contribution in [0.2, 0.25) is 0 Å². The van der Waals surface area contributed by atoms with Gasteiger partial charge < -0.3 is 0 Å². The molecule has 0 rings (SSSR count). The molecule has 0 aromatic carbocycles. The first-order valence-corrected chi connectivity index (χ1v) is 6.95. The summed E-state index contributed by atoms with van der Waals surface area (Å²) in [7, 11) is -4.28. The Balaban J connectivity index is 3.63. The number of hydrogen-bond acceptors (Lipinski definition) is 3. The van der Waals surface area contributed by atoms with E-state index in [9.17, 15) is 8.42 Å². The molecule has 0 spiro atoms. The lowest BCUT2D eigenvalue weighted by atomic mass is 10.0. The highest BCUT2D eigenvalue weighted by Crippen LogP contribution is 2.12. The van der Waals surface area contributed by atoms with Crippen LogP contribution in [-0.4, -0.2) is 19.6 Å². The second-order valence-electron chi connectivity index (χ2n) is 4.37. The molecule has 0 amide bonds. The van der Waals surface area contributed by atoms with Crippen molar-refractivity contribution in [2.24, 2.45) is 5.92 Å². The molecule has 5 heteroatoms. The number of hydrogen-bond donors (Lipinski definition) is 1. The summed E-state index contributed by atoms with van der Waals surface area (Å²) >= 11 is 0. The molecule has 0 heterocycles. The lowest BCUT2D eigenvalue weighted by Crippen LogP contribution is -2.04. The van der Waals surface area contributed by atoms with Crippen LogP contribution in [0, 0.1) is 5.92 Å². The molecule has 96 valence electrons. The van der Waals surface area contributed by atoms with Crippen LogP contribution in [0.15, 0.2) is 11.6 Å². The largest absolute Gasteiger partial charge is 0.397 e. The Morgan fingerprint density at radius 2 is 2.06 bits per heavy atom. The molecule has 0 aliphatic heterocycles. The molecule has 0 radical (unpaired) electrons. The van der Waals surface area contributed by atoms with Crippen molar-refractivity contribution in [1.82, 2.24) is 0 Å². The molecule has 0 aromatic heterocycles. The van der Waals surface area contributed by atoms with Crippen LogP contribution < -0.4 is 0 Å². The van der Waals surface area contributed by atoms with Gasteiger partial charge in [-0.25, -0.2) is 4.18 Å². The first kappa shape index (κ1) is 15.6. The van der Waals surface area contributed by atoms with Gasteiger partial charge in [-0.2, -0.15) is 8.42 Å². The lowest BCUT2D eigenvalue weighted by Gasteiger charge is -2.04. The quantitative estimate of drug-likeness (QED) is 0.408. The molecule has 0 unspecified atom stereocenters. The van der Waals surface area contributed by atoms with E-state index in [1.807, 2.05) is 13.0 Å². The van der Waals surface area contributed by atoms with E-state index in [0.717, 1.165) is 18.8 Å². The third-order valence-electron chi connectivity index (χ3n) is 2.20. The van der Waals surface area contributed by atoms with Gasteiger partial charge in [0.15, 0.2) is 0 Å². The van der Waals surface area contributed by atoms with Crippen molar-refractivity contribution >= 4 is 10.4 Å². The van der Waals surface area contributed by atoms with Gasteiger partial charge in [0.1, 0.15) is 0 Å². The van der Waals surface area contributed by atoms with Gasteiger partial charge in [-0.3, -0.25) is 4.55 Å². The van der Waals surface area contributed by atoms with Crippen LogP contribution in [0.5, 0.6) is 0 Å². The summed E-state index contributed by atoms with van der Waals surface area (Å²) in [5.74, 6) is 0.718. The smallest absolute Gasteiger partial charge is 0.264 e. The van der Waals surface area contributed by atoms with E-state index in [1.165, 1.54) is 12.0 Å². The maximum Gasteiger partial charge on any atom is 0.397 e. The molecule has 0 bridgehead atoms. The third kappa shape index (κ3) is 11.7.